The fourth-order valence-electron chi connectivity index (χ4n) is 2.07. The van der Waals surface area contributed by atoms with Gasteiger partial charge in [0.25, 0.3) is 0 Å². The van der Waals surface area contributed by atoms with Crippen LogP contribution in [0.2, 0.25) is 0 Å². The van der Waals surface area contributed by atoms with E-state index in [0.29, 0.717) is 0 Å². The van der Waals surface area contributed by atoms with Crippen molar-refractivity contribution in [3.05, 3.63) is 35.4 Å². The SMILES string of the molecule is CN(C)CCOCc1ccccc1CCNC1CC1. The van der Waals surface area contributed by atoms with Gasteiger partial charge in [-0.1, -0.05) is 24.3 Å². The summed E-state index contributed by atoms with van der Waals surface area (Å²) in [6.45, 7) is 3.58. The standard InChI is InChI=1S/C16H26N2O/c1-18(2)11-12-19-13-15-6-4-3-5-14(15)9-10-17-16-7-8-16/h3-6,16-17H,7-13H2,1-2H3. The summed E-state index contributed by atoms with van der Waals surface area (Å²) in [5.74, 6) is 0. The predicted molar refractivity (Wildman–Crippen MR) is 79.4 cm³/mol. The first-order valence-electron chi connectivity index (χ1n) is 7.28. The molecule has 3 heteroatoms. The van der Waals surface area contributed by atoms with Crippen LogP contribution in [0, 0.1) is 0 Å². The Kier molecular flexibility index (Phi) is 5.83. The highest BCUT2D eigenvalue weighted by atomic mass is 16.5. The van der Waals surface area contributed by atoms with Gasteiger partial charge in [0, 0.05) is 12.6 Å². The Morgan fingerprint density at radius 2 is 1.95 bits per heavy atom. The topological polar surface area (TPSA) is 24.5 Å². The summed E-state index contributed by atoms with van der Waals surface area (Å²) in [5.41, 5.74) is 2.75. The van der Waals surface area contributed by atoms with Crippen LogP contribution in [0.1, 0.15) is 24.0 Å². The Labute approximate surface area is 116 Å². The van der Waals surface area contributed by atoms with E-state index >= 15 is 0 Å². The third kappa shape index (κ3) is 5.72. The lowest BCUT2D eigenvalue weighted by Crippen LogP contribution is -2.20. The molecule has 106 valence electrons. The molecule has 0 amide bonds. The first-order valence-corrected chi connectivity index (χ1v) is 7.28. The number of nitrogens with zero attached hydrogens (tertiary/aromatic N) is 1. The number of hydrogen-bond donors (Lipinski definition) is 1. The van der Waals surface area contributed by atoms with Gasteiger partial charge in [0.05, 0.1) is 13.2 Å². The maximum atomic E-state index is 5.75. The quantitative estimate of drug-likeness (QED) is 0.689. The van der Waals surface area contributed by atoms with Crippen molar-refractivity contribution >= 4 is 0 Å². The molecular weight excluding hydrogens is 236 g/mol. The van der Waals surface area contributed by atoms with E-state index in [9.17, 15) is 0 Å². The van der Waals surface area contributed by atoms with Crippen molar-refractivity contribution in [2.75, 3.05) is 33.8 Å². The van der Waals surface area contributed by atoms with E-state index in [4.69, 9.17) is 4.74 Å². The molecule has 3 nitrogen and oxygen atoms in total. The minimum atomic E-state index is 0.730. The average molecular weight is 262 g/mol. The molecule has 0 radical (unpaired) electrons. The lowest BCUT2D eigenvalue weighted by Gasteiger charge is -2.12. The summed E-state index contributed by atoms with van der Waals surface area (Å²) in [6.07, 6.45) is 3.81. The number of nitrogens with one attached hydrogen (secondary N) is 1. The zero-order valence-electron chi connectivity index (χ0n) is 12.2. The fourth-order valence-corrected chi connectivity index (χ4v) is 2.07. The fraction of sp³-hybridized carbons (Fsp3) is 0.625. The largest absolute Gasteiger partial charge is 0.375 e. The van der Waals surface area contributed by atoms with E-state index in [1.165, 1.54) is 24.0 Å². The van der Waals surface area contributed by atoms with Crippen molar-refractivity contribution in [2.24, 2.45) is 0 Å². The van der Waals surface area contributed by atoms with E-state index in [0.717, 1.165) is 38.8 Å². The summed E-state index contributed by atoms with van der Waals surface area (Å²) in [4.78, 5) is 2.14. The summed E-state index contributed by atoms with van der Waals surface area (Å²) in [5, 5.41) is 3.57. The van der Waals surface area contributed by atoms with Gasteiger partial charge >= 0.3 is 0 Å². The van der Waals surface area contributed by atoms with Crippen molar-refractivity contribution in [1.82, 2.24) is 10.2 Å². The first kappa shape index (κ1) is 14.5. The first-order chi connectivity index (χ1) is 9.25. The Morgan fingerprint density at radius 3 is 2.63 bits per heavy atom. The Bertz CT molecular complexity index is 375. The summed E-state index contributed by atoms with van der Waals surface area (Å²) in [7, 11) is 4.14. The second-order valence-corrected chi connectivity index (χ2v) is 5.60. The normalized spacial score (nSPS) is 15.1. The molecule has 1 saturated carbocycles. The molecule has 1 aliphatic carbocycles. The molecule has 0 bridgehead atoms. The molecule has 0 unspecified atom stereocenters. The highest BCUT2D eigenvalue weighted by molar-refractivity contribution is 5.26. The van der Waals surface area contributed by atoms with Gasteiger partial charge in [-0.3, -0.25) is 0 Å². The van der Waals surface area contributed by atoms with Gasteiger partial charge in [-0.15, -0.1) is 0 Å². The predicted octanol–water partition coefficient (Wildman–Crippen LogP) is 2.06. The molecule has 0 atom stereocenters. The second kappa shape index (κ2) is 7.63. The van der Waals surface area contributed by atoms with Gasteiger partial charge < -0.3 is 15.0 Å². The lowest BCUT2D eigenvalue weighted by atomic mass is 10.1. The molecule has 0 heterocycles. The van der Waals surface area contributed by atoms with Gasteiger partial charge in [0.1, 0.15) is 0 Å². The molecular formula is C16H26N2O. The monoisotopic (exact) mass is 262 g/mol. The highest BCUT2D eigenvalue weighted by Gasteiger charge is 2.19. The van der Waals surface area contributed by atoms with Crippen LogP contribution in [0.25, 0.3) is 0 Å². The van der Waals surface area contributed by atoms with Gasteiger partial charge in [-0.2, -0.15) is 0 Å². The van der Waals surface area contributed by atoms with Crippen molar-refractivity contribution in [3.8, 4) is 0 Å². The molecule has 0 aromatic heterocycles. The molecule has 1 aromatic carbocycles. The average Bonchev–Trinajstić information content (AvgIpc) is 3.20. The van der Waals surface area contributed by atoms with Gasteiger partial charge in [-0.05, 0) is 51.0 Å². The summed E-state index contributed by atoms with van der Waals surface area (Å²) >= 11 is 0. The number of ether oxygens (including phenoxy) is 1. The van der Waals surface area contributed by atoms with Crippen LogP contribution in [0.4, 0.5) is 0 Å². The van der Waals surface area contributed by atoms with Crippen LogP contribution in [-0.2, 0) is 17.8 Å². The van der Waals surface area contributed by atoms with Crippen LogP contribution in [0.3, 0.4) is 0 Å². The zero-order valence-corrected chi connectivity index (χ0v) is 12.2. The summed E-state index contributed by atoms with van der Waals surface area (Å²) < 4.78 is 5.75. The van der Waals surface area contributed by atoms with Crippen LogP contribution in [-0.4, -0.2) is 44.7 Å². The van der Waals surface area contributed by atoms with Crippen molar-refractivity contribution in [2.45, 2.75) is 31.9 Å². The summed E-state index contributed by atoms with van der Waals surface area (Å²) in [6, 6.07) is 9.42. The van der Waals surface area contributed by atoms with Crippen LogP contribution in [0.5, 0.6) is 0 Å². The maximum Gasteiger partial charge on any atom is 0.0720 e. The number of benzene rings is 1. The highest BCUT2D eigenvalue weighted by Crippen LogP contribution is 2.18. The van der Waals surface area contributed by atoms with E-state index in [-0.39, 0.29) is 0 Å². The Balaban J connectivity index is 1.74. The smallest absolute Gasteiger partial charge is 0.0720 e. The molecule has 1 aromatic rings. The third-order valence-corrected chi connectivity index (χ3v) is 3.46. The van der Waals surface area contributed by atoms with Gasteiger partial charge in [0.15, 0.2) is 0 Å². The molecule has 1 aliphatic rings. The van der Waals surface area contributed by atoms with Gasteiger partial charge in [-0.25, -0.2) is 0 Å². The molecule has 0 spiro atoms. The second-order valence-electron chi connectivity index (χ2n) is 5.60. The number of likely N-dealkylation sites (N-methyl/N-ethyl adjacent to an activating group) is 1. The molecule has 2 rings (SSSR count). The molecule has 0 aliphatic heterocycles. The van der Waals surface area contributed by atoms with Crippen LogP contribution >= 0.6 is 0 Å². The van der Waals surface area contributed by atoms with Crippen LogP contribution < -0.4 is 5.32 Å². The minimum absolute atomic E-state index is 0.730. The van der Waals surface area contributed by atoms with Crippen molar-refractivity contribution < 1.29 is 4.74 Å². The van der Waals surface area contributed by atoms with Crippen molar-refractivity contribution in [3.63, 3.8) is 0 Å². The Hall–Kier alpha value is -0.900. The zero-order chi connectivity index (χ0) is 13.5. The van der Waals surface area contributed by atoms with Gasteiger partial charge in [0.2, 0.25) is 0 Å². The Morgan fingerprint density at radius 1 is 1.21 bits per heavy atom. The molecule has 19 heavy (non-hydrogen) atoms. The number of rotatable bonds is 9. The number of hydrogen-bond acceptors (Lipinski definition) is 3. The van der Waals surface area contributed by atoms with E-state index in [1.54, 1.807) is 0 Å². The van der Waals surface area contributed by atoms with E-state index < -0.39 is 0 Å². The molecule has 1 N–H and O–H groups in total. The van der Waals surface area contributed by atoms with Crippen molar-refractivity contribution in [1.29, 1.82) is 0 Å². The molecule has 0 saturated heterocycles. The van der Waals surface area contributed by atoms with E-state index in [1.807, 2.05) is 0 Å². The van der Waals surface area contributed by atoms with E-state index in [2.05, 4.69) is 48.6 Å². The third-order valence-electron chi connectivity index (χ3n) is 3.46. The van der Waals surface area contributed by atoms with Crippen LogP contribution in [0.15, 0.2) is 24.3 Å². The maximum absolute atomic E-state index is 5.75. The molecule has 1 fully saturated rings. The lowest BCUT2D eigenvalue weighted by molar-refractivity contribution is 0.105. The minimum Gasteiger partial charge on any atom is -0.375 e.